The first kappa shape index (κ1) is 28.2. The van der Waals surface area contributed by atoms with Gasteiger partial charge in [-0.2, -0.15) is 4.31 Å². The Morgan fingerprint density at radius 2 is 1.77 bits per heavy atom. The van der Waals surface area contributed by atoms with Crippen molar-refractivity contribution in [1.29, 1.82) is 0 Å². The van der Waals surface area contributed by atoms with Crippen molar-refractivity contribution >= 4 is 50.7 Å². The van der Waals surface area contributed by atoms with E-state index in [1.807, 2.05) is 0 Å². The summed E-state index contributed by atoms with van der Waals surface area (Å²) in [6.45, 7) is -0.00161. The van der Waals surface area contributed by atoms with E-state index in [0.29, 0.717) is 37.8 Å². The number of rotatable bonds is 7. The Morgan fingerprint density at radius 1 is 1.05 bits per heavy atom. The van der Waals surface area contributed by atoms with Gasteiger partial charge < -0.3 is 4.74 Å². The number of ether oxygens (including phenoxy) is 1. The van der Waals surface area contributed by atoms with Crippen LogP contribution in [0.1, 0.15) is 22.9 Å². The van der Waals surface area contributed by atoms with Gasteiger partial charge in [-0.05, 0) is 54.6 Å². The third kappa shape index (κ3) is 5.36. The van der Waals surface area contributed by atoms with E-state index >= 15 is 0 Å². The molecule has 208 valence electrons. The molecule has 3 aromatic carbocycles. The van der Waals surface area contributed by atoms with Gasteiger partial charge >= 0.3 is 0 Å². The zero-order valence-corrected chi connectivity index (χ0v) is 23.6. The summed E-state index contributed by atoms with van der Waals surface area (Å²) < 4.78 is 35.2. The maximum absolute atomic E-state index is 13.7. The summed E-state index contributed by atoms with van der Waals surface area (Å²) >= 11 is 18.2. The molecule has 1 aromatic heterocycles. The topological polar surface area (TPSA) is 134 Å². The second-order valence-electron chi connectivity index (χ2n) is 8.86. The lowest BCUT2D eigenvalue weighted by Crippen LogP contribution is -2.48. The van der Waals surface area contributed by atoms with Crippen LogP contribution in [0.15, 0.2) is 76.4 Å². The van der Waals surface area contributed by atoms with E-state index in [1.165, 1.54) is 34.4 Å². The molecular formula is C26H21Cl3N4O6S. The molecule has 1 atom stereocenters. The number of aromatic nitrogens is 2. The smallest absolute Gasteiger partial charge is 0.276 e. The van der Waals surface area contributed by atoms with Crippen molar-refractivity contribution in [3.05, 3.63) is 109 Å². The molecule has 1 aliphatic rings. The number of amides is 1. The number of nitrogens with zero attached hydrogens (tertiary/aromatic N) is 2. The highest BCUT2D eigenvalue weighted by molar-refractivity contribution is 7.89. The largest absolute Gasteiger partial charge is 0.489 e. The number of H-pyrrole nitrogens is 1. The lowest BCUT2D eigenvalue weighted by molar-refractivity contribution is -0.133. The van der Waals surface area contributed by atoms with Gasteiger partial charge in [0, 0.05) is 39.3 Å². The van der Waals surface area contributed by atoms with Gasteiger partial charge in [-0.3, -0.25) is 19.9 Å². The van der Waals surface area contributed by atoms with E-state index in [4.69, 9.17) is 39.5 Å². The Bertz CT molecular complexity index is 1750. The van der Waals surface area contributed by atoms with Crippen LogP contribution in [0, 0.1) is 0 Å². The second kappa shape index (κ2) is 11.3. The number of carbonyl (C=O) groups is 1. The summed E-state index contributed by atoms with van der Waals surface area (Å²) in [5.41, 5.74) is 2.22. The Hall–Kier alpha value is -3.32. The number of hydrogen-bond donors (Lipinski definition) is 3. The first-order valence-corrected chi connectivity index (χ1v) is 14.4. The molecule has 14 heteroatoms. The van der Waals surface area contributed by atoms with Gasteiger partial charge in [0.25, 0.3) is 11.5 Å². The van der Waals surface area contributed by atoms with Crippen LogP contribution in [-0.2, 0) is 27.8 Å². The Labute approximate surface area is 243 Å². The first-order chi connectivity index (χ1) is 19.1. The number of halogens is 3. The third-order valence-corrected chi connectivity index (χ3v) is 9.11. The van der Waals surface area contributed by atoms with Crippen LogP contribution in [0.2, 0.25) is 15.1 Å². The third-order valence-electron chi connectivity index (χ3n) is 6.41. The van der Waals surface area contributed by atoms with Crippen LogP contribution in [0.3, 0.4) is 0 Å². The van der Waals surface area contributed by atoms with Gasteiger partial charge in [-0.25, -0.2) is 18.6 Å². The number of hydroxylamine groups is 1. The van der Waals surface area contributed by atoms with Crippen LogP contribution in [0.5, 0.6) is 5.75 Å². The van der Waals surface area contributed by atoms with Crippen molar-refractivity contribution in [3.63, 3.8) is 0 Å². The van der Waals surface area contributed by atoms with E-state index in [9.17, 15) is 23.2 Å². The van der Waals surface area contributed by atoms with Gasteiger partial charge in [-0.1, -0.05) is 46.9 Å². The van der Waals surface area contributed by atoms with Gasteiger partial charge in [0.15, 0.2) is 0 Å². The Balaban J connectivity index is 1.44. The minimum atomic E-state index is -4.30. The fourth-order valence-corrected chi connectivity index (χ4v) is 6.69. The zero-order valence-electron chi connectivity index (χ0n) is 20.5. The molecule has 1 aliphatic heterocycles. The summed E-state index contributed by atoms with van der Waals surface area (Å²) in [4.78, 5) is 26.1. The molecule has 0 fully saturated rings. The molecule has 2 heterocycles. The molecule has 0 saturated carbocycles. The van der Waals surface area contributed by atoms with Gasteiger partial charge in [-0.15, -0.1) is 0 Å². The summed E-state index contributed by atoms with van der Waals surface area (Å²) in [5, 5.41) is 13.7. The first-order valence-electron chi connectivity index (χ1n) is 11.8. The summed E-state index contributed by atoms with van der Waals surface area (Å²) in [6, 6.07) is 15.4. The maximum atomic E-state index is 13.7. The summed E-state index contributed by atoms with van der Waals surface area (Å²) in [5.74, 6) is -0.691. The summed E-state index contributed by atoms with van der Waals surface area (Å²) in [6.07, 6.45) is 0.121. The zero-order chi connectivity index (χ0) is 28.6. The van der Waals surface area contributed by atoms with Crippen molar-refractivity contribution in [2.45, 2.75) is 24.0 Å². The average molecular weight is 624 g/mol. The molecule has 4 aromatic rings. The lowest BCUT2D eigenvalue weighted by atomic mass is 10.0. The number of nitrogens with one attached hydrogen (secondary N) is 2. The second-order valence-corrected chi connectivity index (χ2v) is 12.0. The van der Waals surface area contributed by atoms with Crippen molar-refractivity contribution < 1.29 is 23.2 Å². The highest BCUT2D eigenvalue weighted by Gasteiger charge is 2.43. The molecule has 0 aliphatic carbocycles. The molecular weight excluding hydrogens is 603 g/mol. The lowest BCUT2D eigenvalue weighted by Gasteiger charge is -2.32. The van der Waals surface area contributed by atoms with E-state index in [-0.39, 0.29) is 30.0 Å². The van der Waals surface area contributed by atoms with Crippen LogP contribution in [0.25, 0.3) is 5.69 Å². The van der Waals surface area contributed by atoms with Crippen LogP contribution in [-0.4, -0.2) is 40.2 Å². The number of fused-ring (bicyclic) bond motifs is 1. The van der Waals surface area contributed by atoms with Crippen molar-refractivity contribution in [3.8, 4) is 11.4 Å². The normalized spacial score (nSPS) is 15.4. The monoisotopic (exact) mass is 622 g/mol. The van der Waals surface area contributed by atoms with Crippen molar-refractivity contribution in [1.82, 2.24) is 19.6 Å². The molecule has 40 heavy (non-hydrogen) atoms. The molecule has 1 amide bonds. The molecule has 5 rings (SSSR count). The Morgan fingerprint density at radius 3 is 2.45 bits per heavy atom. The standard InChI is InChI=1S/C26H21Cl3N4O6S/c27-16-2-1-3-18(12-16)33-26(35)23-22(30-33)10-11-32(24(23)25(34)31-36)40(37,38)20-8-6-19(7-9-20)39-14-15-4-5-17(28)13-21(15)29/h1-9,12-13,24,30,36H,10-11,14H2,(H,31,34). The molecule has 3 N–H and O–H groups in total. The van der Waals surface area contributed by atoms with Crippen molar-refractivity contribution in [2.75, 3.05) is 6.54 Å². The number of benzene rings is 3. The molecule has 0 spiro atoms. The van der Waals surface area contributed by atoms with Gasteiger partial charge in [0.2, 0.25) is 10.0 Å². The van der Waals surface area contributed by atoms with E-state index in [0.717, 1.165) is 4.31 Å². The SMILES string of the molecule is O=C(NO)C1c2c([nH]n(-c3cccc(Cl)c3)c2=O)CCN1S(=O)(=O)c1ccc(OCc2ccc(Cl)cc2Cl)cc1. The highest BCUT2D eigenvalue weighted by atomic mass is 35.5. The average Bonchev–Trinajstić information content (AvgIpc) is 3.28. The van der Waals surface area contributed by atoms with E-state index in [1.54, 1.807) is 42.5 Å². The molecule has 0 saturated heterocycles. The van der Waals surface area contributed by atoms with Gasteiger partial charge in [0.05, 0.1) is 16.1 Å². The van der Waals surface area contributed by atoms with E-state index in [2.05, 4.69) is 5.10 Å². The minimum absolute atomic E-state index is 0.0962. The fourth-order valence-electron chi connectivity index (χ4n) is 4.49. The number of sulfonamides is 1. The summed E-state index contributed by atoms with van der Waals surface area (Å²) in [7, 11) is -4.30. The fraction of sp³-hybridized carbons (Fsp3) is 0.154. The van der Waals surface area contributed by atoms with E-state index < -0.39 is 27.5 Å². The number of hydrogen-bond acceptors (Lipinski definition) is 6. The van der Waals surface area contributed by atoms with Crippen LogP contribution >= 0.6 is 34.8 Å². The predicted octanol–water partition coefficient (Wildman–Crippen LogP) is 4.50. The maximum Gasteiger partial charge on any atom is 0.276 e. The van der Waals surface area contributed by atoms with Crippen LogP contribution in [0.4, 0.5) is 0 Å². The number of aromatic amines is 1. The van der Waals surface area contributed by atoms with Gasteiger partial charge in [0.1, 0.15) is 18.4 Å². The minimum Gasteiger partial charge on any atom is -0.489 e. The number of carbonyl (C=O) groups excluding carboxylic acids is 1. The van der Waals surface area contributed by atoms with Crippen molar-refractivity contribution in [2.24, 2.45) is 0 Å². The highest BCUT2D eigenvalue weighted by Crippen LogP contribution is 2.33. The molecule has 0 radical (unpaired) electrons. The molecule has 1 unspecified atom stereocenters. The predicted molar refractivity (Wildman–Crippen MR) is 149 cm³/mol. The molecule has 10 nitrogen and oxygen atoms in total. The quantitative estimate of drug-likeness (QED) is 0.205. The Kier molecular flexibility index (Phi) is 7.96. The van der Waals surface area contributed by atoms with Crippen LogP contribution < -0.4 is 15.8 Å². The molecule has 0 bridgehead atoms.